The molecule has 0 amide bonds. The Hall–Kier alpha value is -0.800. The van der Waals surface area contributed by atoms with E-state index in [2.05, 4.69) is 4.74 Å². The van der Waals surface area contributed by atoms with E-state index >= 15 is 0 Å². The zero-order valence-corrected chi connectivity index (χ0v) is 10.2. The Labute approximate surface area is 103 Å². The van der Waals surface area contributed by atoms with E-state index in [1.807, 2.05) is 0 Å². The number of hydrogen-bond acceptors (Lipinski definition) is 5. The van der Waals surface area contributed by atoms with Crippen LogP contribution < -0.4 is 0 Å². The molecule has 1 aliphatic carbocycles. The van der Waals surface area contributed by atoms with Crippen molar-refractivity contribution >= 4 is 16.1 Å². The number of carbonyl (C=O) groups excluding carboxylic acids is 1. The van der Waals surface area contributed by atoms with Gasteiger partial charge in [0, 0.05) is 6.61 Å². The summed E-state index contributed by atoms with van der Waals surface area (Å²) in [4.78, 5) is 11.0. The Balaban J connectivity index is 2.57. The third-order valence-corrected chi connectivity index (χ3v) is 3.70. The van der Waals surface area contributed by atoms with E-state index in [0.717, 1.165) is 0 Å². The lowest BCUT2D eigenvalue weighted by Gasteiger charge is -2.27. The van der Waals surface area contributed by atoms with Crippen LogP contribution in [0.1, 0.15) is 25.7 Å². The summed E-state index contributed by atoms with van der Waals surface area (Å²) in [5.41, 5.74) is 0. The van der Waals surface area contributed by atoms with E-state index < -0.39 is 27.4 Å². The quantitative estimate of drug-likeness (QED) is 0.579. The second kappa shape index (κ2) is 5.45. The minimum atomic E-state index is -5.82. The molecule has 6 nitrogen and oxygen atoms in total. The molecule has 2 N–H and O–H groups in total. The summed E-state index contributed by atoms with van der Waals surface area (Å²) in [5, 5.41) is 3.91. The Morgan fingerprint density at radius 3 is 2.17 bits per heavy atom. The number of aliphatic hydroxyl groups excluding tert-OH is 1. The van der Waals surface area contributed by atoms with Gasteiger partial charge in [-0.15, -0.1) is 0 Å². The predicted molar refractivity (Wildman–Crippen MR) is 55.4 cm³/mol. The molecule has 0 atom stereocenters. The third kappa shape index (κ3) is 3.36. The van der Waals surface area contributed by atoms with Crippen molar-refractivity contribution in [3.63, 3.8) is 0 Å². The van der Waals surface area contributed by atoms with Gasteiger partial charge in [-0.05, 0) is 31.6 Å². The van der Waals surface area contributed by atoms with Gasteiger partial charge in [-0.3, -0.25) is 4.55 Å². The second-order valence-electron chi connectivity index (χ2n) is 4.22. The van der Waals surface area contributed by atoms with Gasteiger partial charge in [-0.25, -0.2) is 4.79 Å². The van der Waals surface area contributed by atoms with Crippen LogP contribution in [0.4, 0.5) is 8.78 Å². The number of alkyl halides is 2. The highest BCUT2D eigenvalue weighted by molar-refractivity contribution is 7.87. The lowest BCUT2D eigenvalue weighted by atomic mass is 9.88. The van der Waals surface area contributed by atoms with Crippen LogP contribution in [-0.4, -0.2) is 42.0 Å². The van der Waals surface area contributed by atoms with Gasteiger partial charge in [-0.2, -0.15) is 17.2 Å². The lowest BCUT2D eigenvalue weighted by Crippen LogP contribution is -2.41. The summed E-state index contributed by atoms with van der Waals surface area (Å²) in [5.74, 6) is -2.22. The summed E-state index contributed by atoms with van der Waals surface area (Å²) in [6.45, 7) is -0.0259. The third-order valence-electron chi connectivity index (χ3n) is 2.89. The van der Waals surface area contributed by atoms with Crippen LogP contribution in [0.3, 0.4) is 0 Å². The van der Waals surface area contributed by atoms with Crippen LogP contribution in [0, 0.1) is 5.92 Å². The number of esters is 1. The number of rotatable bonds is 4. The van der Waals surface area contributed by atoms with Gasteiger partial charge >= 0.3 is 21.3 Å². The first kappa shape index (κ1) is 15.3. The smallest absolute Gasteiger partial charge is 0.457 e. The Bertz CT molecular complexity index is 399. The minimum Gasteiger partial charge on any atom is -0.457 e. The molecule has 0 heterocycles. The highest BCUT2D eigenvalue weighted by atomic mass is 32.2. The lowest BCUT2D eigenvalue weighted by molar-refractivity contribution is -0.169. The fourth-order valence-electron chi connectivity index (χ4n) is 1.76. The van der Waals surface area contributed by atoms with Crippen molar-refractivity contribution in [2.24, 2.45) is 5.92 Å². The highest BCUT2D eigenvalue weighted by Gasteiger charge is 2.54. The number of ether oxygens (including phenoxy) is 1. The summed E-state index contributed by atoms with van der Waals surface area (Å²) in [6, 6.07) is 0. The maximum atomic E-state index is 12.9. The predicted octanol–water partition coefficient (Wildman–Crippen LogP) is 0.561. The summed E-state index contributed by atoms with van der Waals surface area (Å²) < 4.78 is 58.9. The molecule has 0 aromatic carbocycles. The first-order valence-corrected chi connectivity index (χ1v) is 6.79. The zero-order chi connectivity index (χ0) is 14.0. The van der Waals surface area contributed by atoms with Crippen molar-refractivity contribution in [3.8, 4) is 0 Å². The molecule has 0 aromatic rings. The van der Waals surface area contributed by atoms with Crippen molar-refractivity contribution in [1.82, 2.24) is 0 Å². The van der Waals surface area contributed by atoms with Crippen LogP contribution in [0.15, 0.2) is 0 Å². The van der Waals surface area contributed by atoms with E-state index in [1.165, 1.54) is 0 Å². The number of halogens is 2. The average molecular weight is 288 g/mol. The second-order valence-corrected chi connectivity index (χ2v) is 5.69. The van der Waals surface area contributed by atoms with Gasteiger partial charge in [0.25, 0.3) is 0 Å². The number of carbonyl (C=O) groups is 1. The van der Waals surface area contributed by atoms with Crippen LogP contribution >= 0.6 is 0 Å². The van der Waals surface area contributed by atoms with E-state index in [-0.39, 0.29) is 25.4 Å². The van der Waals surface area contributed by atoms with E-state index in [0.29, 0.717) is 12.8 Å². The standard InChI is InChI=1S/C9H14F2O6S/c10-9(11,18(14,15)16)8(13)17-7-3-1-6(5-12)2-4-7/h6-7,12H,1-5H2,(H,14,15,16). The molecular weight excluding hydrogens is 274 g/mol. The van der Waals surface area contributed by atoms with Crippen LogP contribution in [0.25, 0.3) is 0 Å². The summed E-state index contributed by atoms with van der Waals surface area (Å²) >= 11 is 0. The van der Waals surface area contributed by atoms with E-state index in [9.17, 15) is 22.0 Å². The van der Waals surface area contributed by atoms with Crippen molar-refractivity contribution in [2.75, 3.05) is 6.61 Å². The molecule has 1 aliphatic rings. The molecule has 0 radical (unpaired) electrons. The van der Waals surface area contributed by atoms with E-state index in [1.54, 1.807) is 0 Å². The molecular formula is C9H14F2O6S. The first-order valence-electron chi connectivity index (χ1n) is 5.35. The van der Waals surface area contributed by atoms with Crippen molar-refractivity contribution < 1.29 is 36.4 Å². The van der Waals surface area contributed by atoms with Crippen LogP contribution in [0.2, 0.25) is 0 Å². The van der Waals surface area contributed by atoms with Crippen molar-refractivity contribution in [1.29, 1.82) is 0 Å². The van der Waals surface area contributed by atoms with Crippen molar-refractivity contribution in [3.05, 3.63) is 0 Å². The molecule has 1 saturated carbocycles. The molecule has 0 saturated heterocycles. The normalized spacial score (nSPS) is 25.8. The molecule has 0 bridgehead atoms. The molecule has 0 aliphatic heterocycles. The molecule has 0 aromatic heterocycles. The van der Waals surface area contributed by atoms with Gasteiger partial charge < -0.3 is 9.84 Å². The van der Waals surface area contributed by atoms with Gasteiger partial charge in [-0.1, -0.05) is 0 Å². The first-order chi connectivity index (χ1) is 8.18. The Morgan fingerprint density at radius 1 is 1.28 bits per heavy atom. The topological polar surface area (TPSA) is 101 Å². The largest absolute Gasteiger partial charge is 0.465 e. The fraction of sp³-hybridized carbons (Fsp3) is 0.889. The molecule has 1 rings (SSSR count). The summed E-state index contributed by atoms with van der Waals surface area (Å²) in [6.07, 6.45) is 0.752. The number of hydrogen-bond donors (Lipinski definition) is 2. The maximum Gasteiger partial charge on any atom is 0.465 e. The number of aliphatic hydroxyl groups is 1. The minimum absolute atomic E-state index is 0.0259. The van der Waals surface area contributed by atoms with Gasteiger partial charge in [0.1, 0.15) is 6.10 Å². The fourth-order valence-corrected chi connectivity index (χ4v) is 2.02. The Morgan fingerprint density at radius 2 is 1.78 bits per heavy atom. The van der Waals surface area contributed by atoms with Crippen molar-refractivity contribution in [2.45, 2.75) is 37.0 Å². The molecule has 106 valence electrons. The summed E-state index contributed by atoms with van der Waals surface area (Å²) in [7, 11) is -5.82. The molecule has 9 heteroatoms. The SMILES string of the molecule is O=C(OC1CCC(CO)CC1)C(F)(F)S(=O)(=O)O. The zero-order valence-electron chi connectivity index (χ0n) is 9.38. The molecule has 0 spiro atoms. The van der Waals surface area contributed by atoms with Gasteiger partial charge in [0.15, 0.2) is 0 Å². The molecule has 18 heavy (non-hydrogen) atoms. The van der Waals surface area contributed by atoms with Crippen LogP contribution in [0.5, 0.6) is 0 Å². The maximum absolute atomic E-state index is 12.9. The van der Waals surface area contributed by atoms with Gasteiger partial charge in [0.2, 0.25) is 0 Å². The Kier molecular flexibility index (Phi) is 4.62. The van der Waals surface area contributed by atoms with Gasteiger partial charge in [0.05, 0.1) is 0 Å². The highest BCUT2D eigenvalue weighted by Crippen LogP contribution is 2.29. The van der Waals surface area contributed by atoms with E-state index in [4.69, 9.17) is 9.66 Å². The monoisotopic (exact) mass is 288 g/mol. The molecule has 0 unspecified atom stereocenters. The van der Waals surface area contributed by atoms with Crippen LogP contribution in [-0.2, 0) is 19.6 Å². The average Bonchev–Trinajstić information content (AvgIpc) is 2.28. The molecule has 1 fully saturated rings.